The molecule has 19 heavy (non-hydrogen) atoms. The van der Waals surface area contributed by atoms with Crippen LogP contribution in [0.4, 0.5) is 0 Å². The second-order valence-electron chi connectivity index (χ2n) is 3.83. The van der Waals surface area contributed by atoms with E-state index in [2.05, 4.69) is 4.98 Å². The fraction of sp³-hybridized carbons (Fsp3) is 0.0714. The number of carbonyl (C=O) groups excluding carboxylic acids is 1. The molecule has 1 aromatic heterocycles. The first-order valence-corrected chi connectivity index (χ1v) is 5.48. The number of aldehydes is 1. The van der Waals surface area contributed by atoms with Crippen molar-refractivity contribution in [3.05, 3.63) is 47.7 Å². The van der Waals surface area contributed by atoms with Gasteiger partial charge in [-0.2, -0.15) is 0 Å². The van der Waals surface area contributed by atoms with E-state index in [-0.39, 0.29) is 11.4 Å². The predicted molar refractivity (Wildman–Crippen MR) is 68.6 cm³/mol. The van der Waals surface area contributed by atoms with Gasteiger partial charge in [0.2, 0.25) is 5.88 Å². The van der Waals surface area contributed by atoms with Crippen LogP contribution in [-0.2, 0) is 0 Å². The van der Waals surface area contributed by atoms with Crippen molar-refractivity contribution in [2.75, 3.05) is 7.11 Å². The average Bonchev–Trinajstić information content (AvgIpc) is 2.46. The standard InChI is InChI=1S/C14H11NO4/c1-19-13-12(14(17)18)6-11(7-15-13)10-4-2-9(8-16)3-5-10/h2-8H,1H3,(H,17,18). The first-order valence-electron chi connectivity index (χ1n) is 5.48. The van der Waals surface area contributed by atoms with E-state index in [1.807, 2.05) is 0 Å². The van der Waals surface area contributed by atoms with Gasteiger partial charge in [-0.3, -0.25) is 4.79 Å². The third-order valence-electron chi connectivity index (χ3n) is 2.65. The lowest BCUT2D eigenvalue weighted by molar-refractivity contribution is 0.0692. The lowest BCUT2D eigenvalue weighted by Gasteiger charge is -2.07. The molecule has 2 rings (SSSR count). The summed E-state index contributed by atoms with van der Waals surface area (Å²) in [4.78, 5) is 25.6. The zero-order chi connectivity index (χ0) is 13.8. The first-order chi connectivity index (χ1) is 9.15. The number of methoxy groups -OCH3 is 1. The number of aromatic nitrogens is 1. The minimum atomic E-state index is -1.10. The van der Waals surface area contributed by atoms with Gasteiger partial charge < -0.3 is 9.84 Å². The molecule has 96 valence electrons. The Morgan fingerprint density at radius 1 is 1.26 bits per heavy atom. The molecule has 0 atom stereocenters. The zero-order valence-electron chi connectivity index (χ0n) is 10.2. The molecule has 0 amide bonds. The van der Waals surface area contributed by atoms with E-state index in [1.54, 1.807) is 24.3 Å². The number of benzene rings is 1. The van der Waals surface area contributed by atoms with Crippen LogP contribution in [0.3, 0.4) is 0 Å². The summed E-state index contributed by atoms with van der Waals surface area (Å²) >= 11 is 0. The van der Waals surface area contributed by atoms with Crippen LogP contribution < -0.4 is 4.74 Å². The molecule has 0 fully saturated rings. The Balaban J connectivity index is 2.47. The van der Waals surface area contributed by atoms with E-state index in [1.165, 1.54) is 19.4 Å². The maximum Gasteiger partial charge on any atom is 0.341 e. The molecule has 0 unspecified atom stereocenters. The minimum Gasteiger partial charge on any atom is -0.480 e. The van der Waals surface area contributed by atoms with Crippen LogP contribution in [0.15, 0.2) is 36.5 Å². The van der Waals surface area contributed by atoms with Crippen molar-refractivity contribution >= 4 is 12.3 Å². The second-order valence-corrected chi connectivity index (χ2v) is 3.83. The zero-order valence-corrected chi connectivity index (χ0v) is 10.2. The molecule has 0 radical (unpaired) electrons. The summed E-state index contributed by atoms with van der Waals surface area (Å²) in [5.41, 5.74) is 1.99. The van der Waals surface area contributed by atoms with Crippen LogP contribution in [0.5, 0.6) is 5.88 Å². The summed E-state index contributed by atoms with van der Waals surface area (Å²) in [6, 6.07) is 8.28. The third-order valence-corrected chi connectivity index (χ3v) is 2.65. The number of aromatic carboxylic acids is 1. The van der Waals surface area contributed by atoms with Crippen molar-refractivity contribution in [3.8, 4) is 17.0 Å². The Morgan fingerprint density at radius 2 is 1.95 bits per heavy atom. The lowest BCUT2D eigenvalue weighted by Crippen LogP contribution is -2.02. The molecule has 5 heteroatoms. The van der Waals surface area contributed by atoms with Crippen molar-refractivity contribution in [1.29, 1.82) is 0 Å². The van der Waals surface area contributed by atoms with Gasteiger partial charge in [0.25, 0.3) is 0 Å². The number of carboxylic acid groups (broad SMARTS) is 1. The normalized spacial score (nSPS) is 9.95. The number of nitrogens with zero attached hydrogens (tertiary/aromatic N) is 1. The topological polar surface area (TPSA) is 76.5 Å². The largest absolute Gasteiger partial charge is 0.480 e. The molecular weight excluding hydrogens is 246 g/mol. The smallest absolute Gasteiger partial charge is 0.341 e. The maximum atomic E-state index is 11.1. The lowest BCUT2D eigenvalue weighted by atomic mass is 10.0. The molecule has 0 spiro atoms. The van der Waals surface area contributed by atoms with Gasteiger partial charge in [-0.05, 0) is 11.6 Å². The third kappa shape index (κ3) is 2.60. The summed E-state index contributed by atoms with van der Waals surface area (Å²) in [6.45, 7) is 0. The highest BCUT2D eigenvalue weighted by Gasteiger charge is 2.13. The summed E-state index contributed by atoms with van der Waals surface area (Å²) in [5, 5.41) is 9.08. The maximum absolute atomic E-state index is 11.1. The summed E-state index contributed by atoms with van der Waals surface area (Å²) in [7, 11) is 1.37. The summed E-state index contributed by atoms with van der Waals surface area (Å²) in [6.07, 6.45) is 2.28. The van der Waals surface area contributed by atoms with Gasteiger partial charge in [0.05, 0.1) is 7.11 Å². The average molecular weight is 257 g/mol. The first kappa shape index (κ1) is 12.8. The van der Waals surface area contributed by atoms with Gasteiger partial charge in [-0.1, -0.05) is 24.3 Å². The van der Waals surface area contributed by atoms with E-state index in [0.29, 0.717) is 11.1 Å². The van der Waals surface area contributed by atoms with Gasteiger partial charge in [-0.15, -0.1) is 0 Å². The predicted octanol–water partition coefficient (Wildman–Crippen LogP) is 2.27. The van der Waals surface area contributed by atoms with Gasteiger partial charge >= 0.3 is 5.97 Å². The van der Waals surface area contributed by atoms with E-state index in [4.69, 9.17) is 9.84 Å². The van der Waals surface area contributed by atoms with Crippen molar-refractivity contribution in [3.63, 3.8) is 0 Å². The van der Waals surface area contributed by atoms with Crippen LogP contribution in [0.2, 0.25) is 0 Å². The number of rotatable bonds is 4. The number of carboxylic acids is 1. The van der Waals surface area contributed by atoms with Crippen molar-refractivity contribution in [2.45, 2.75) is 0 Å². The van der Waals surface area contributed by atoms with E-state index in [9.17, 15) is 9.59 Å². The van der Waals surface area contributed by atoms with Crippen LogP contribution in [0, 0.1) is 0 Å². The van der Waals surface area contributed by atoms with Crippen LogP contribution in [0.1, 0.15) is 20.7 Å². The van der Waals surface area contributed by atoms with E-state index in [0.717, 1.165) is 11.8 Å². The van der Waals surface area contributed by atoms with Gasteiger partial charge in [0, 0.05) is 17.3 Å². The molecule has 0 aliphatic rings. The highest BCUT2D eigenvalue weighted by atomic mass is 16.5. The van der Waals surface area contributed by atoms with Crippen molar-refractivity contribution < 1.29 is 19.4 Å². The Bertz CT molecular complexity index is 620. The molecule has 1 N–H and O–H groups in total. The quantitative estimate of drug-likeness (QED) is 0.850. The molecule has 1 heterocycles. The number of ether oxygens (including phenoxy) is 1. The molecule has 2 aromatic rings. The molecule has 0 bridgehead atoms. The molecule has 0 saturated carbocycles. The number of pyridine rings is 1. The molecular formula is C14H11NO4. The number of hydrogen-bond donors (Lipinski definition) is 1. The SMILES string of the molecule is COc1ncc(-c2ccc(C=O)cc2)cc1C(=O)O. The molecule has 0 aliphatic heterocycles. The highest BCUT2D eigenvalue weighted by Crippen LogP contribution is 2.24. The van der Waals surface area contributed by atoms with Crippen LogP contribution >= 0.6 is 0 Å². The Kier molecular flexibility index (Phi) is 3.56. The molecule has 5 nitrogen and oxygen atoms in total. The van der Waals surface area contributed by atoms with E-state index >= 15 is 0 Å². The minimum absolute atomic E-state index is 0.000496. The Hall–Kier alpha value is -2.69. The van der Waals surface area contributed by atoms with Crippen molar-refractivity contribution in [2.24, 2.45) is 0 Å². The second kappa shape index (κ2) is 5.30. The number of hydrogen-bond acceptors (Lipinski definition) is 4. The van der Waals surface area contributed by atoms with Crippen LogP contribution in [0.25, 0.3) is 11.1 Å². The highest BCUT2D eigenvalue weighted by molar-refractivity contribution is 5.91. The Labute approximate surface area is 109 Å². The molecule has 0 saturated heterocycles. The fourth-order valence-corrected chi connectivity index (χ4v) is 1.68. The summed E-state index contributed by atoms with van der Waals surface area (Å²) < 4.78 is 4.90. The van der Waals surface area contributed by atoms with Crippen molar-refractivity contribution in [1.82, 2.24) is 4.98 Å². The van der Waals surface area contributed by atoms with Gasteiger partial charge in [0.15, 0.2) is 0 Å². The number of carbonyl (C=O) groups is 2. The summed E-state index contributed by atoms with van der Waals surface area (Å²) in [5.74, 6) is -1.03. The van der Waals surface area contributed by atoms with E-state index < -0.39 is 5.97 Å². The van der Waals surface area contributed by atoms with Gasteiger partial charge in [-0.25, -0.2) is 9.78 Å². The Morgan fingerprint density at radius 3 is 2.47 bits per heavy atom. The molecule has 1 aromatic carbocycles. The molecule has 0 aliphatic carbocycles. The fourth-order valence-electron chi connectivity index (χ4n) is 1.68. The van der Waals surface area contributed by atoms with Gasteiger partial charge in [0.1, 0.15) is 11.8 Å². The van der Waals surface area contributed by atoms with Crippen LogP contribution in [-0.4, -0.2) is 29.5 Å². The monoisotopic (exact) mass is 257 g/mol.